The zero-order valence-electron chi connectivity index (χ0n) is 9.14. The van der Waals surface area contributed by atoms with Crippen molar-refractivity contribution in [3.63, 3.8) is 0 Å². The number of piperidine rings is 1. The second-order valence-corrected chi connectivity index (χ2v) is 4.40. The lowest BCUT2D eigenvalue weighted by Crippen LogP contribution is -2.35. The topological polar surface area (TPSA) is 32.3 Å². The van der Waals surface area contributed by atoms with Gasteiger partial charge in [0, 0.05) is 25.9 Å². The molecule has 0 aromatic carbocycles. The van der Waals surface area contributed by atoms with Crippen LogP contribution in [0.3, 0.4) is 0 Å². The van der Waals surface area contributed by atoms with Gasteiger partial charge in [-0.1, -0.05) is 19.3 Å². The summed E-state index contributed by atoms with van der Waals surface area (Å²) in [6.07, 6.45) is 5.94. The van der Waals surface area contributed by atoms with E-state index in [1.165, 1.54) is 19.3 Å². The molecule has 0 aromatic rings. The molecule has 4 heteroatoms. The molecule has 0 radical (unpaired) electrons. The number of aliphatic hydroxyl groups is 1. The molecule has 15 heavy (non-hydrogen) atoms. The van der Waals surface area contributed by atoms with Gasteiger partial charge in [-0.25, -0.2) is 8.78 Å². The van der Waals surface area contributed by atoms with Crippen LogP contribution >= 0.6 is 0 Å². The molecule has 1 saturated heterocycles. The van der Waals surface area contributed by atoms with Gasteiger partial charge in [-0.3, -0.25) is 0 Å². The fraction of sp³-hybridized carbons (Fsp3) is 1.00. The number of rotatable bonds is 0. The highest BCUT2D eigenvalue weighted by atomic mass is 19.3. The monoisotopic (exact) mass is 221 g/mol. The van der Waals surface area contributed by atoms with Gasteiger partial charge in [-0.2, -0.15) is 0 Å². The average Bonchev–Trinajstić information content (AvgIpc) is 2.19. The summed E-state index contributed by atoms with van der Waals surface area (Å²) in [6.45, 7) is 0.931. The molecule has 1 aliphatic heterocycles. The van der Waals surface area contributed by atoms with Gasteiger partial charge in [0.1, 0.15) is 0 Å². The van der Waals surface area contributed by atoms with Crippen LogP contribution in [0.15, 0.2) is 0 Å². The second-order valence-electron chi connectivity index (χ2n) is 4.40. The molecule has 0 unspecified atom stereocenters. The third kappa shape index (κ3) is 6.05. The van der Waals surface area contributed by atoms with Crippen LogP contribution in [-0.2, 0) is 0 Å². The lowest BCUT2D eigenvalue weighted by Gasteiger charge is -2.21. The number of aliphatic hydroxyl groups excluding tert-OH is 1. The third-order valence-electron chi connectivity index (χ3n) is 2.91. The zero-order chi connectivity index (χ0) is 11.1. The second kappa shape index (κ2) is 6.38. The quantitative estimate of drug-likeness (QED) is 0.658. The van der Waals surface area contributed by atoms with Crippen LogP contribution in [0.5, 0.6) is 0 Å². The molecule has 2 rings (SSSR count). The van der Waals surface area contributed by atoms with Crippen molar-refractivity contribution in [3.05, 3.63) is 0 Å². The molecule has 0 amide bonds. The lowest BCUT2D eigenvalue weighted by atomic mass is 9.98. The maximum atomic E-state index is 12.2. The molecule has 0 spiro atoms. The van der Waals surface area contributed by atoms with E-state index in [-0.39, 0.29) is 18.9 Å². The highest BCUT2D eigenvalue weighted by molar-refractivity contribution is 4.73. The van der Waals surface area contributed by atoms with E-state index in [4.69, 9.17) is 5.11 Å². The number of hydrogen-bond donors (Lipinski definition) is 2. The van der Waals surface area contributed by atoms with E-state index in [0.717, 1.165) is 12.8 Å². The first-order chi connectivity index (χ1) is 7.10. The standard InChI is InChI=1S/C6H12O.C5H9F2N/c7-6-4-2-1-3-5-6;6-5(7)1-3-8-4-2-5/h6-7H,1-5H2;8H,1-4H2. The fourth-order valence-corrected chi connectivity index (χ4v) is 1.87. The van der Waals surface area contributed by atoms with E-state index < -0.39 is 5.92 Å². The molecule has 0 aromatic heterocycles. The van der Waals surface area contributed by atoms with E-state index in [1.54, 1.807) is 0 Å². The Bertz CT molecular complexity index is 162. The minimum absolute atomic E-state index is 0.00694. The Kier molecular flexibility index (Phi) is 5.47. The third-order valence-corrected chi connectivity index (χ3v) is 2.91. The normalized spacial score (nSPS) is 26.6. The van der Waals surface area contributed by atoms with Crippen molar-refractivity contribution in [3.8, 4) is 0 Å². The van der Waals surface area contributed by atoms with Crippen molar-refractivity contribution in [2.75, 3.05) is 13.1 Å². The molecular weight excluding hydrogens is 200 g/mol. The first-order valence-corrected chi connectivity index (χ1v) is 5.87. The van der Waals surface area contributed by atoms with Crippen molar-refractivity contribution in [1.29, 1.82) is 0 Å². The van der Waals surface area contributed by atoms with Crippen LogP contribution in [0.1, 0.15) is 44.9 Å². The summed E-state index contributed by atoms with van der Waals surface area (Å²) in [5.41, 5.74) is 0. The molecule has 1 saturated carbocycles. The van der Waals surface area contributed by atoms with Gasteiger partial charge < -0.3 is 10.4 Å². The first kappa shape index (κ1) is 12.8. The zero-order valence-corrected chi connectivity index (χ0v) is 9.14. The molecule has 1 aliphatic carbocycles. The summed E-state index contributed by atoms with van der Waals surface area (Å²) < 4.78 is 24.3. The largest absolute Gasteiger partial charge is 0.393 e. The summed E-state index contributed by atoms with van der Waals surface area (Å²) in [5.74, 6) is -2.38. The fourth-order valence-electron chi connectivity index (χ4n) is 1.87. The van der Waals surface area contributed by atoms with Crippen LogP contribution in [-0.4, -0.2) is 30.2 Å². The Morgan fingerprint density at radius 1 is 1.00 bits per heavy atom. The van der Waals surface area contributed by atoms with Crippen LogP contribution in [0.4, 0.5) is 8.78 Å². The van der Waals surface area contributed by atoms with Gasteiger partial charge in [0.15, 0.2) is 0 Å². The van der Waals surface area contributed by atoms with E-state index in [0.29, 0.717) is 13.1 Å². The van der Waals surface area contributed by atoms with Crippen LogP contribution in [0.2, 0.25) is 0 Å². The molecule has 2 fully saturated rings. The van der Waals surface area contributed by atoms with E-state index >= 15 is 0 Å². The molecule has 0 atom stereocenters. The number of halogens is 2. The average molecular weight is 221 g/mol. The van der Waals surface area contributed by atoms with Crippen molar-refractivity contribution in [2.24, 2.45) is 0 Å². The molecule has 0 bridgehead atoms. The maximum absolute atomic E-state index is 12.2. The summed E-state index contributed by atoms with van der Waals surface area (Å²) in [6, 6.07) is 0. The predicted octanol–water partition coefficient (Wildman–Crippen LogP) is 2.32. The Balaban J connectivity index is 0.000000151. The van der Waals surface area contributed by atoms with Gasteiger partial charge in [0.25, 0.3) is 5.92 Å². The molecule has 2 nitrogen and oxygen atoms in total. The molecule has 90 valence electrons. The van der Waals surface area contributed by atoms with Crippen molar-refractivity contribution < 1.29 is 13.9 Å². The summed E-state index contributed by atoms with van der Waals surface area (Å²) in [5, 5.41) is 11.8. The first-order valence-electron chi connectivity index (χ1n) is 5.87. The molecule has 2 N–H and O–H groups in total. The molecule has 1 heterocycles. The Hall–Kier alpha value is -0.220. The van der Waals surface area contributed by atoms with Gasteiger partial charge in [0.05, 0.1) is 6.10 Å². The van der Waals surface area contributed by atoms with Gasteiger partial charge in [0.2, 0.25) is 0 Å². The van der Waals surface area contributed by atoms with Gasteiger partial charge in [-0.15, -0.1) is 0 Å². The number of nitrogens with one attached hydrogen (secondary N) is 1. The molecule has 2 aliphatic rings. The van der Waals surface area contributed by atoms with Crippen molar-refractivity contribution in [2.45, 2.75) is 57.0 Å². The van der Waals surface area contributed by atoms with Crippen LogP contribution in [0.25, 0.3) is 0 Å². The number of alkyl halides is 2. The summed E-state index contributed by atoms with van der Waals surface area (Å²) in [7, 11) is 0. The van der Waals surface area contributed by atoms with Gasteiger partial charge >= 0.3 is 0 Å². The minimum Gasteiger partial charge on any atom is -0.393 e. The molecular formula is C11H21F2NO. The van der Waals surface area contributed by atoms with Gasteiger partial charge in [-0.05, 0) is 12.8 Å². The Morgan fingerprint density at radius 2 is 1.53 bits per heavy atom. The summed E-state index contributed by atoms with van der Waals surface area (Å²) in [4.78, 5) is 0. The van der Waals surface area contributed by atoms with Crippen molar-refractivity contribution >= 4 is 0 Å². The number of hydrogen-bond acceptors (Lipinski definition) is 2. The van der Waals surface area contributed by atoms with Crippen LogP contribution in [0, 0.1) is 0 Å². The van der Waals surface area contributed by atoms with Crippen molar-refractivity contribution in [1.82, 2.24) is 5.32 Å². The van der Waals surface area contributed by atoms with Crippen LogP contribution < -0.4 is 5.32 Å². The maximum Gasteiger partial charge on any atom is 0.250 e. The minimum atomic E-state index is -2.38. The SMILES string of the molecule is FC1(F)CCNCC1.OC1CCCCC1. The lowest BCUT2D eigenvalue weighted by molar-refractivity contribution is -0.0274. The predicted molar refractivity (Wildman–Crippen MR) is 56.1 cm³/mol. The Labute approximate surface area is 90.1 Å². The smallest absolute Gasteiger partial charge is 0.250 e. The Morgan fingerprint density at radius 3 is 1.80 bits per heavy atom. The van der Waals surface area contributed by atoms with E-state index in [9.17, 15) is 8.78 Å². The summed E-state index contributed by atoms with van der Waals surface area (Å²) >= 11 is 0. The van der Waals surface area contributed by atoms with E-state index in [2.05, 4.69) is 5.32 Å². The van der Waals surface area contributed by atoms with E-state index in [1.807, 2.05) is 0 Å². The highest BCUT2D eigenvalue weighted by Crippen LogP contribution is 2.23. The highest BCUT2D eigenvalue weighted by Gasteiger charge is 2.30.